The standard InChI is InChI=1S/C37H33BrN2O4S2/c1-46(42,43)40(25-28-12-6-3-7-13-28)34-22-29(16-19-33(34)38)35(41)26-39(24-27-10-4-2-5-11-27)20-21-44-30-17-18-32-31-14-8-9-15-36(31)45-37(32)23-30/h2-19,22-23H,20-21,24-26H2,1H3. The molecule has 9 heteroatoms. The van der Waals surface area contributed by atoms with Gasteiger partial charge in [-0.05, 0) is 63.5 Å². The number of ether oxygens (including phenoxy) is 1. The third kappa shape index (κ3) is 7.67. The number of carbonyl (C=O) groups is 1. The van der Waals surface area contributed by atoms with Crippen LogP contribution < -0.4 is 9.04 Å². The summed E-state index contributed by atoms with van der Waals surface area (Å²) in [7, 11) is -3.64. The Morgan fingerprint density at radius 2 is 1.41 bits per heavy atom. The SMILES string of the molecule is CS(=O)(=O)N(Cc1ccccc1)c1cc(C(=O)CN(CCOc2ccc3c(c2)sc2ccccc23)Cc2ccccc2)ccc1Br. The maximum atomic E-state index is 13.7. The minimum atomic E-state index is -3.64. The van der Waals surface area contributed by atoms with Crippen molar-refractivity contribution in [3.8, 4) is 5.75 Å². The third-order valence-corrected chi connectivity index (χ3v) is 10.7. The lowest BCUT2D eigenvalue weighted by Crippen LogP contribution is -2.33. The van der Waals surface area contributed by atoms with Crippen molar-refractivity contribution in [3.05, 3.63) is 142 Å². The van der Waals surface area contributed by atoms with Gasteiger partial charge in [0.05, 0.1) is 25.0 Å². The van der Waals surface area contributed by atoms with E-state index in [2.05, 4.69) is 57.2 Å². The molecule has 5 aromatic carbocycles. The predicted octanol–water partition coefficient (Wildman–Crippen LogP) is 8.55. The number of ketones is 1. The van der Waals surface area contributed by atoms with E-state index in [1.807, 2.05) is 66.7 Å². The second-order valence-corrected chi connectivity index (χ2v) is 15.0. The molecule has 234 valence electrons. The van der Waals surface area contributed by atoms with Crippen LogP contribution in [0.4, 0.5) is 5.69 Å². The number of benzene rings is 5. The molecule has 0 saturated carbocycles. The maximum Gasteiger partial charge on any atom is 0.232 e. The molecule has 6 rings (SSSR count). The van der Waals surface area contributed by atoms with Gasteiger partial charge in [0.25, 0.3) is 0 Å². The van der Waals surface area contributed by atoms with Gasteiger partial charge in [-0.1, -0.05) is 84.9 Å². The van der Waals surface area contributed by atoms with Gasteiger partial charge in [-0.15, -0.1) is 11.3 Å². The normalized spacial score (nSPS) is 11.7. The summed E-state index contributed by atoms with van der Waals surface area (Å²) in [5.74, 6) is 0.686. The molecule has 0 N–H and O–H groups in total. The van der Waals surface area contributed by atoms with Crippen molar-refractivity contribution in [1.82, 2.24) is 4.90 Å². The zero-order chi connectivity index (χ0) is 32.1. The molecule has 0 radical (unpaired) electrons. The van der Waals surface area contributed by atoms with Gasteiger partial charge in [0, 0.05) is 43.3 Å². The number of sulfonamides is 1. The topological polar surface area (TPSA) is 66.9 Å². The molecular weight excluding hydrogens is 680 g/mol. The van der Waals surface area contributed by atoms with Crippen molar-refractivity contribution in [1.29, 1.82) is 0 Å². The van der Waals surface area contributed by atoms with E-state index < -0.39 is 10.0 Å². The molecule has 1 aromatic heterocycles. The fourth-order valence-electron chi connectivity index (χ4n) is 5.45. The number of rotatable bonds is 13. The molecule has 1 heterocycles. The van der Waals surface area contributed by atoms with Crippen molar-refractivity contribution in [2.45, 2.75) is 13.1 Å². The highest BCUT2D eigenvalue weighted by atomic mass is 79.9. The van der Waals surface area contributed by atoms with Crippen LogP contribution in [0, 0.1) is 0 Å². The number of halogens is 1. The monoisotopic (exact) mass is 712 g/mol. The maximum absolute atomic E-state index is 13.7. The summed E-state index contributed by atoms with van der Waals surface area (Å²) in [6, 6.07) is 39.1. The quantitative estimate of drug-likeness (QED) is 0.112. The first kappa shape index (κ1) is 31.9. The van der Waals surface area contributed by atoms with Crippen molar-refractivity contribution < 1.29 is 17.9 Å². The lowest BCUT2D eigenvalue weighted by molar-refractivity contribution is 0.0912. The average Bonchev–Trinajstić information content (AvgIpc) is 3.42. The van der Waals surface area contributed by atoms with E-state index in [-0.39, 0.29) is 18.9 Å². The van der Waals surface area contributed by atoms with Gasteiger partial charge in [0.1, 0.15) is 12.4 Å². The molecule has 0 atom stereocenters. The first-order valence-corrected chi connectivity index (χ1v) is 18.4. The van der Waals surface area contributed by atoms with E-state index in [1.165, 1.54) is 30.7 Å². The molecule has 0 aliphatic heterocycles. The molecule has 6 aromatic rings. The van der Waals surface area contributed by atoms with Crippen LogP contribution in [0.15, 0.2) is 126 Å². The van der Waals surface area contributed by atoms with Crippen LogP contribution in [0.1, 0.15) is 21.5 Å². The Morgan fingerprint density at radius 1 is 0.761 bits per heavy atom. The molecule has 0 spiro atoms. The van der Waals surface area contributed by atoms with Gasteiger partial charge >= 0.3 is 0 Å². The van der Waals surface area contributed by atoms with Gasteiger partial charge in [-0.3, -0.25) is 14.0 Å². The summed E-state index contributed by atoms with van der Waals surface area (Å²) in [4.78, 5) is 15.8. The summed E-state index contributed by atoms with van der Waals surface area (Å²) >= 11 is 5.27. The zero-order valence-electron chi connectivity index (χ0n) is 25.3. The fraction of sp³-hybridized carbons (Fsp3) is 0.162. The van der Waals surface area contributed by atoms with Crippen molar-refractivity contribution in [2.24, 2.45) is 0 Å². The summed E-state index contributed by atoms with van der Waals surface area (Å²) in [5.41, 5.74) is 2.79. The van der Waals surface area contributed by atoms with Crippen molar-refractivity contribution in [3.63, 3.8) is 0 Å². The number of nitrogens with zero attached hydrogens (tertiary/aromatic N) is 2. The Morgan fingerprint density at radius 3 is 2.13 bits per heavy atom. The molecular formula is C37H33BrN2O4S2. The van der Waals surface area contributed by atoms with Crippen LogP contribution >= 0.6 is 27.3 Å². The van der Waals surface area contributed by atoms with Crippen LogP contribution in [0.25, 0.3) is 20.2 Å². The van der Waals surface area contributed by atoms with E-state index in [0.717, 1.165) is 16.9 Å². The Labute approximate surface area is 282 Å². The number of anilines is 1. The summed E-state index contributed by atoms with van der Waals surface area (Å²) in [5, 5.41) is 2.47. The number of Topliss-reactive ketones (excluding diaryl/α,β-unsaturated/α-hetero) is 1. The molecule has 0 saturated heterocycles. The first-order chi connectivity index (χ1) is 22.2. The second kappa shape index (κ2) is 14.2. The van der Waals surface area contributed by atoms with E-state index in [0.29, 0.717) is 35.4 Å². The van der Waals surface area contributed by atoms with Gasteiger partial charge < -0.3 is 4.74 Å². The first-order valence-electron chi connectivity index (χ1n) is 14.9. The zero-order valence-corrected chi connectivity index (χ0v) is 28.5. The molecule has 0 unspecified atom stereocenters. The average molecular weight is 714 g/mol. The van der Waals surface area contributed by atoms with E-state index in [9.17, 15) is 13.2 Å². The lowest BCUT2D eigenvalue weighted by atomic mass is 10.1. The summed E-state index contributed by atoms with van der Waals surface area (Å²) < 4.78 is 36.3. The van der Waals surface area contributed by atoms with Gasteiger partial charge in [0.15, 0.2) is 5.78 Å². The largest absolute Gasteiger partial charge is 0.492 e. The minimum Gasteiger partial charge on any atom is -0.492 e. The van der Waals surface area contributed by atoms with Crippen LogP contribution in [-0.4, -0.2) is 45.1 Å². The third-order valence-electron chi connectivity index (χ3n) is 7.75. The number of fused-ring (bicyclic) bond motifs is 3. The highest BCUT2D eigenvalue weighted by Gasteiger charge is 2.23. The Kier molecular flexibility index (Phi) is 9.84. The Balaban J connectivity index is 1.19. The Bertz CT molecular complexity index is 2080. The van der Waals surface area contributed by atoms with E-state index in [1.54, 1.807) is 29.5 Å². The van der Waals surface area contributed by atoms with Crippen LogP contribution in [-0.2, 0) is 23.1 Å². The fourth-order valence-corrected chi connectivity index (χ4v) is 8.05. The van der Waals surface area contributed by atoms with Crippen LogP contribution in [0.5, 0.6) is 5.75 Å². The summed E-state index contributed by atoms with van der Waals surface area (Å²) in [6.45, 7) is 1.80. The van der Waals surface area contributed by atoms with Gasteiger partial charge in [-0.25, -0.2) is 8.42 Å². The molecule has 0 bridgehead atoms. The highest BCUT2D eigenvalue weighted by molar-refractivity contribution is 9.10. The molecule has 0 fully saturated rings. The van der Waals surface area contributed by atoms with Crippen molar-refractivity contribution >= 4 is 68.9 Å². The highest BCUT2D eigenvalue weighted by Crippen LogP contribution is 2.36. The smallest absolute Gasteiger partial charge is 0.232 e. The molecule has 0 amide bonds. The van der Waals surface area contributed by atoms with E-state index >= 15 is 0 Å². The summed E-state index contributed by atoms with van der Waals surface area (Å²) in [6.07, 6.45) is 1.18. The lowest BCUT2D eigenvalue weighted by Gasteiger charge is -2.25. The number of carbonyl (C=O) groups excluding carboxylic acids is 1. The number of hydrogen-bond donors (Lipinski definition) is 0. The van der Waals surface area contributed by atoms with Crippen LogP contribution in [0.3, 0.4) is 0 Å². The van der Waals surface area contributed by atoms with Gasteiger partial charge in [0.2, 0.25) is 10.0 Å². The number of thiophene rings is 1. The van der Waals surface area contributed by atoms with Gasteiger partial charge in [-0.2, -0.15) is 0 Å². The minimum absolute atomic E-state index is 0.107. The Hall–Kier alpha value is -4.02. The van der Waals surface area contributed by atoms with Crippen LogP contribution in [0.2, 0.25) is 0 Å². The predicted molar refractivity (Wildman–Crippen MR) is 192 cm³/mol. The molecule has 46 heavy (non-hydrogen) atoms. The second-order valence-electron chi connectivity index (χ2n) is 11.1. The molecule has 0 aliphatic carbocycles. The number of hydrogen-bond acceptors (Lipinski definition) is 6. The van der Waals surface area contributed by atoms with Crippen molar-refractivity contribution in [2.75, 3.05) is 30.3 Å². The molecule has 0 aliphatic rings. The molecule has 6 nitrogen and oxygen atoms in total. The van der Waals surface area contributed by atoms with E-state index in [4.69, 9.17) is 4.74 Å².